The molecule has 16 heavy (non-hydrogen) atoms. The van der Waals surface area contributed by atoms with E-state index in [0.29, 0.717) is 23.1 Å². The molecule has 0 spiro atoms. The van der Waals surface area contributed by atoms with Crippen molar-refractivity contribution in [2.24, 2.45) is 7.05 Å². The fourth-order valence-electron chi connectivity index (χ4n) is 1.63. The second-order valence-corrected chi connectivity index (χ2v) is 3.40. The number of aromatic nitrogens is 2. The first kappa shape index (κ1) is 10.4. The van der Waals surface area contributed by atoms with E-state index < -0.39 is 0 Å². The van der Waals surface area contributed by atoms with Gasteiger partial charge >= 0.3 is 0 Å². The largest absolute Gasteiger partial charge is 0.382 e. The molecule has 5 heteroatoms. The first-order valence-corrected chi connectivity index (χ1v) is 4.67. The zero-order chi connectivity index (χ0) is 11.7. The Balaban J connectivity index is 2.63. The van der Waals surface area contributed by atoms with Gasteiger partial charge in [-0.05, 0) is 24.3 Å². The van der Waals surface area contributed by atoms with E-state index in [2.05, 4.69) is 5.10 Å². The van der Waals surface area contributed by atoms with Crippen molar-refractivity contribution in [1.82, 2.24) is 9.78 Å². The normalized spacial score (nSPS) is 10.4. The number of benzene rings is 1. The highest BCUT2D eigenvalue weighted by atomic mass is 19.1. The quantitative estimate of drug-likeness (QED) is 0.781. The molecule has 0 fully saturated rings. The van der Waals surface area contributed by atoms with Crippen molar-refractivity contribution in [1.29, 1.82) is 0 Å². The van der Waals surface area contributed by atoms with Crippen molar-refractivity contribution >= 4 is 12.1 Å². The predicted molar refractivity (Wildman–Crippen MR) is 58.4 cm³/mol. The lowest BCUT2D eigenvalue weighted by Crippen LogP contribution is -1.95. The maximum Gasteiger partial charge on any atom is 0.156 e. The Morgan fingerprint density at radius 3 is 2.56 bits per heavy atom. The van der Waals surface area contributed by atoms with Crippen LogP contribution in [0.25, 0.3) is 11.3 Å². The summed E-state index contributed by atoms with van der Waals surface area (Å²) in [7, 11) is 1.68. The minimum Gasteiger partial charge on any atom is -0.382 e. The van der Waals surface area contributed by atoms with E-state index in [1.807, 2.05) is 0 Å². The third-order valence-electron chi connectivity index (χ3n) is 2.35. The van der Waals surface area contributed by atoms with E-state index in [1.54, 1.807) is 19.2 Å². The van der Waals surface area contributed by atoms with Crippen LogP contribution in [-0.4, -0.2) is 16.1 Å². The molecule has 4 nitrogen and oxygen atoms in total. The van der Waals surface area contributed by atoms with Gasteiger partial charge in [0.1, 0.15) is 5.82 Å². The van der Waals surface area contributed by atoms with Crippen LogP contribution in [0.1, 0.15) is 10.4 Å². The summed E-state index contributed by atoms with van der Waals surface area (Å²) in [5.74, 6) is -0.150. The second kappa shape index (κ2) is 3.77. The van der Waals surface area contributed by atoms with Crippen molar-refractivity contribution in [3.05, 3.63) is 35.6 Å². The monoisotopic (exact) mass is 219 g/mol. The number of halogens is 1. The summed E-state index contributed by atoms with van der Waals surface area (Å²) < 4.78 is 14.3. The fraction of sp³-hybridized carbons (Fsp3) is 0.0909. The number of nitrogens with two attached hydrogens (primary N) is 1. The Morgan fingerprint density at radius 2 is 2.00 bits per heavy atom. The van der Waals surface area contributed by atoms with Crippen molar-refractivity contribution in [3.63, 3.8) is 0 Å². The molecule has 0 aliphatic carbocycles. The first-order valence-electron chi connectivity index (χ1n) is 4.67. The number of nitrogen functional groups attached to an aromatic ring is 1. The second-order valence-electron chi connectivity index (χ2n) is 3.40. The number of aldehydes is 1. The highest BCUT2D eigenvalue weighted by Gasteiger charge is 2.14. The van der Waals surface area contributed by atoms with E-state index in [9.17, 15) is 9.18 Å². The predicted octanol–water partition coefficient (Wildman–Crippen LogP) is 1.62. The summed E-state index contributed by atoms with van der Waals surface area (Å²) in [6.45, 7) is 0. The van der Waals surface area contributed by atoms with Gasteiger partial charge in [-0.3, -0.25) is 9.48 Å². The van der Waals surface area contributed by atoms with E-state index in [1.165, 1.54) is 16.8 Å². The Hall–Kier alpha value is -2.17. The average molecular weight is 219 g/mol. The van der Waals surface area contributed by atoms with Gasteiger partial charge in [0.05, 0.1) is 11.3 Å². The maximum absolute atomic E-state index is 12.8. The van der Waals surface area contributed by atoms with Gasteiger partial charge in [0.25, 0.3) is 0 Å². The molecule has 0 saturated carbocycles. The van der Waals surface area contributed by atoms with Crippen LogP contribution in [0.5, 0.6) is 0 Å². The fourth-order valence-corrected chi connectivity index (χ4v) is 1.63. The summed E-state index contributed by atoms with van der Waals surface area (Å²) in [6.07, 6.45) is 0.654. The first-order chi connectivity index (χ1) is 7.63. The highest BCUT2D eigenvalue weighted by Crippen LogP contribution is 2.25. The number of hydrogen-bond donors (Lipinski definition) is 1. The number of aryl methyl sites for hydroxylation is 1. The van der Waals surface area contributed by atoms with Crippen LogP contribution in [-0.2, 0) is 7.05 Å². The third-order valence-corrected chi connectivity index (χ3v) is 2.35. The van der Waals surface area contributed by atoms with Gasteiger partial charge in [0.15, 0.2) is 12.1 Å². The van der Waals surface area contributed by atoms with Crippen LogP contribution in [0.2, 0.25) is 0 Å². The number of anilines is 1. The molecule has 0 atom stereocenters. The van der Waals surface area contributed by atoms with Crippen molar-refractivity contribution < 1.29 is 9.18 Å². The molecule has 0 bridgehead atoms. The van der Waals surface area contributed by atoms with E-state index in [4.69, 9.17) is 5.73 Å². The van der Waals surface area contributed by atoms with Gasteiger partial charge in [-0.1, -0.05) is 0 Å². The SMILES string of the molecule is Cn1nc(N)c(C=O)c1-c1ccc(F)cc1. The van der Waals surface area contributed by atoms with Crippen LogP contribution in [0.3, 0.4) is 0 Å². The molecule has 1 heterocycles. The van der Waals surface area contributed by atoms with E-state index in [0.717, 1.165) is 0 Å². The van der Waals surface area contributed by atoms with Crippen molar-refractivity contribution in [3.8, 4) is 11.3 Å². The van der Waals surface area contributed by atoms with Crippen LogP contribution >= 0.6 is 0 Å². The average Bonchev–Trinajstić information content (AvgIpc) is 2.54. The zero-order valence-corrected chi connectivity index (χ0v) is 8.64. The molecule has 2 rings (SSSR count). The molecule has 0 unspecified atom stereocenters. The van der Waals surface area contributed by atoms with Gasteiger partial charge in [0, 0.05) is 12.6 Å². The molecule has 0 radical (unpaired) electrons. The molecular weight excluding hydrogens is 209 g/mol. The molecule has 0 aliphatic rings. The Bertz CT molecular complexity index is 531. The molecule has 2 N–H and O–H groups in total. The van der Waals surface area contributed by atoms with E-state index >= 15 is 0 Å². The summed E-state index contributed by atoms with van der Waals surface area (Å²) >= 11 is 0. The molecule has 0 saturated heterocycles. The molecule has 0 aliphatic heterocycles. The topological polar surface area (TPSA) is 60.9 Å². The Labute approximate surface area is 91.5 Å². The van der Waals surface area contributed by atoms with Gasteiger partial charge in [-0.15, -0.1) is 0 Å². The molecule has 1 aromatic carbocycles. The molecular formula is C11H10FN3O. The lowest BCUT2D eigenvalue weighted by Gasteiger charge is -2.02. The van der Waals surface area contributed by atoms with Crippen molar-refractivity contribution in [2.45, 2.75) is 0 Å². The molecule has 0 amide bonds. The summed E-state index contributed by atoms with van der Waals surface area (Å²) in [4.78, 5) is 10.9. The van der Waals surface area contributed by atoms with Crippen LogP contribution in [0.4, 0.5) is 10.2 Å². The number of carbonyl (C=O) groups excluding carboxylic acids is 1. The van der Waals surface area contributed by atoms with Gasteiger partial charge in [-0.2, -0.15) is 5.10 Å². The maximum atomic E-state index is 12.8. The number of rotatable bonds is 2. The van der Waals surface area contributed by atoms with Crippen LogP contribution in [0.15, 0.2) is 24.3 Å². The van der Waals surface area contributed by atoms with Gasteiger partial charge in [0.2, 0.25) is 0 Å². The molecule has 82 valence electrons. The van der Waals surface area contributed by atoms with Crippen molar-refractivity contribution in [2.75, 3.05) is 5.73 Å². The molecule has 2 aromatic rings. The number of hydrogen-bond acceptors (Lipinski definition) is 3. The minimum atomic E-state index is -0.327. The van der Waals surface area contributed by atoms with Gasteiger partial charge < -0.3 is 5.73 Å². The summed E-state index contributed by atoms with van der Waals surface area (Å²) in [5.41, 5.74) is 7.20. The lowest BCUT2D eigenvalue weighted by atomic mass is 10.1. The Kier molecular flexibility index (Phi) is 2.44. The molecule has 1 aromatic heterocycles. The van der Waals surface area contributed by atoms with Crippen LogP contribution < -0.4 is 5.73 Å². The standard InChI is InChI=1S/C11H10FN3O/c1-15-10(9(6-16)11(13)14-15)7-2-4-8(12)5-3-7/h2-6H,1H3,(H2,13,14). The number of nitrogens with zero attached hydrogens (tertiary/aromatic N) is 2. The lowest BCUT2D eigenvalue weighted by molar-refractivity contribution is 0.112. The Morgan fingerprint density at radius 1 is 1.38 bits per heavy atom. The van der Waals surface area contributed by atoms with Crippen LogP contribution in [0, 0.1) is 5.82 Å². The third kappa shape index (κ3) is 1.56. The number of carbonyl (C=O) groups is 1. The van der Waals surface area contributed by atoms with E-state index in [-0.39, 0.29) is 11.6 Å². The smallest absolute Gasteiger partial charge is 0.156 e. The summed E-state index contributed by atoms with van der Waals surface area (Å²) in [6, 6.07) is 5.82. The summed E-state index contributed by atoms with van der Waals surface area (Å²) in [5, 5.41) is 3.95. The minimum absolute atomic E-state index is 0.178. The zero-order valence-electron chi connectivity index (χ0n) is 8.64. The van der Waals surface area contributed by atoms with Gasteiger partial charge in [-0.25, -0.2) is 4.39 Å². The highest BCUT2D eigenvalue weighted by molar-refractivity contribution is 5.91.